The van der Waals surface area contributed by atoms with Crippen LogP contribution < -0.4 is 4.90 Å². The van der Waals surface area contributed by atoms with Crippen LogP contribution in [0.5, 0.6) is 0 Å². The number of hydrogen-bond acceptors (Lipinski definition) is 5. The van der Waals surface area contributed by atoms with Crippen LogP contribution in [-0.4, -0.2) is 48.6 Å². The summed E-state index contributed by atoms with van der Waals surface area (Å²) in [4.78, 5) is 27.5. The molecule has 7 nitrogen and oxygen atoms in total. The molecule has 1 aliphatic heterocycles. The normalized spacial score (nSPS) is 17.5. The first-order chi connectivity index (χ1) is 19.4. The molecular formula is C26H25F9N2O5. The van der Waals surface area contributed by atoms with E-state index < -0.39 is 84.8 Å². The van der Waals surface area contributed by atoms with Gasteiger partial charge in [-0.05, 0) is 60.4 Å². The van der Waals surface area contributed by atoms with E-state index in [0.29, 0.717) is 29.2 Å². The maximum Gasteiger partial charge on any atom is 0.416 e. The number of halogens is 9. The van der Waals surface area contributed by atoms with Gasteiger partial charge in [0.05, 0.1) is 42.1 Å². The van der Waals surface area contributed by atoms with Crippen molar-refractivity contribution >= 4 is 17.9 Å². The Labute approximate surface area is 233 Å². The maximum atomic E-state index is 13.7. The lowest BCUT2D eigenvalue weighted by Crippen LogP contribution is -2.49. The standard InChI is InChI=1S/C26H25F9N2O5/c1-3-18-12-21(19-11-15(24(27,28)29)4-5-20(19)37(18)23(40)42-7-6-38)36(22(39)41-2)13-14-8-16(25(30,31)32)10-17(9-14)26(33,34)35/h4-5,8-11,18,21,38H,3,6-7,12-13H2,1-2H3/t18-,21+/m0/s1. The third-order valence-electron chi connectivity index (χ3n) is 6.60. The largest absolute Gasteiger partial charge is 0.453 e. The van der Waals surface area contributed by atoms with Crippen LogP contribution >= 0.6 is 0 Å². The fourth-order valence-electron chi connectivity index (χ4n) is 4.72. The highest BCUT2D eigenvalue weighted by Crippen LogP contribution is 2.45. The molecule has 0 aromatic heterocycles. The summed E-state index contributed by atoms with van der Waals surface area (Å²) in [6.45, 7) is -0.290. The van der Waals surface area contributed by atoms with Gasteiger partial charge in [0.25, 0.3) is 0 Å². The number of methoxy groups -OCH3 is 1. The molecule has 0 radical (unpaired) electrons. The van der Waals surface area contributed by atoms with Crippen LogP contribution in [0.15, 0.2) is 36.4 Å². The molecule has 0 unspecified atom stereocenters. The van der Waals surface area contributed by atoms with Gasteiger partial charge < -0.3 is 14.6 Å². The molecule has 1 aliphatic rings. The zero-order valence-electron chi connectivity index (χ0n) is 22.0. The lowest BCUT2D eigenvalue weighted by molar-refractivity contribution is -0.143. The van der Waals surface area contributed by atoms with Gasteiger partial charge in [0.2, 0.25) is 0 Å². The number of aliphatic hydroxyl groups is 1. The van der Waals surface area contributed by atoms with E-state index in [1.54, 1.807) is 6.92 Å². The molecule has 1 heterocycles. The quantitative estimate of drug-likeness (QED) is 0.348. The Morgan fingerprint density at radius 3 is 1.98 bits per heavy atom. The summed E-state index contributed by atoms with van der Waals surface area (Å²) in [5.41, 5.74) is -5.51. The molecule has 0 aliphatic carbocycles. The molecule has 42 heavy (non-hydrogen) atoms. The van der Waals surface area contributed by atoms with Crippen LogP contribution in [0.3, 0.4) is 0 Å². The summed E-state index contributed by atoms with van der Waals surface area (Å²) in [6, 6.07) is 0.741. The Morgan fingerprint density at radius 2 is 1.50 bits per heavy atom. The Morgan fingerprint density at radius 1 is 0.929 bits per heavy atom. The van der Waals surface area contributed by atoms with Gasteiger partial charge in [-0.15, -0.1) is 0 Å². The molecule has 3 rings (SSSR count). The highest BCUT2D eigenvalue weighted by atomic mass is 19.4. The van der Waals surface area contributed by atoms with Crippen LogP contribution in [0.4, 0.5) is 54.8 Å². The van der Waals surface area contributed by atoms with E-state index in [4.69, 9.17) is 14.6 Å². The highest BCUT2D eigenvalue weighted by Gasteiger charge is 2.43. The second-order valence-corrected chi connectivity index (χ2v) is 9.30. The first-order valence-corrected chi connectivity index (χ1v) is 12.3. The maximum absolute atomic E-state index is 13.7. The molecule has 0 spiro atoms. The lowest BCUT2D eigenvalue weighted by atomic mass is 9.87. The number of nitrogens with zero attached hydrogens (tertiary/aromatic N) is 2. The number of alkyl halides is 9. The van der Waals surface area contributed by atoms with Crippen molar-refractivity contribution < 1.29 is 63.7 Å². The van der Waals surface area contributed by atoms with Gasteiger partial charge in [0, 0.05) is 12.6 Å². The van der Waals surface area contributed by atoms with E-state index >= 15 is 0 Å². The summed E-state index contributed by atoms with van der Waals surface area (Å²) in [7, 11) is 0.883. The molecule has 16 heteroatoms. The molecule has 0 saturated carbocycles. The summed E-state index contributed by atoms with van der Waals surface area (Å²) < 4.78 is 132. The molecule has 0 bridgehead atoms. The molecule has 2 aromatic rings. The molecule has 232 valence electrons. The van der Waals surface area contributed by atoms with Crippen LogP contribution in [0.2, 0.25) is 0 Å². The van der Waals surface area contributed by atoms with Gasteiger partial charge >= 0.3 is 30.7 Å². The van der Waals surface area contributed by atoms with Gasteiger partial charge in [0.1, 0.15) is 6.61 Å². The zero-order chi connectivity index (χ0) is 31.6. The number of carbonyl (C=O) groups is 2. The van der Waals surface area contributed by atoms with Gasteiger partial charge in [0.15, 0.2) is 0 Å². The zero-order valence-corrected chi connectivity index (χ0v) is 22.0. The van der Waals surface area contributed by atoms with Gasteiger partial charge in [-0.1, -0.05) is 6.92 Å². The van der Waals surface area contributed by atoms with Crippen LogP contribution in [0.1, 0.15) is 53.6 Å². The van der Waals surface area contributed by atoms with E-state index in [0.717, 1.165) is 18.1 Å². The van der Waals surface area contributed by atoms with Crippen LogP contribution in [-0.2, 0) is 34.5 Å². The number of anilines is 1. The van der Waals surface area contributed by atoms with Crippen molar-refractivity contribution in [2.45, 2.75) is 56.9 Å². The van der Waals surface area contributed by atoms with Crippen molar-refractivity contribution in [3.05, 3.63) is 64.2 Å². The van der Waals surface area contributed by atoms with Crippen molar-refractivity contribution in [3.8, 4) is 0 Å². The van der Waals surface area contributed by atoms with Crippen molar-refractivity contribution in [2.24, 2.45) is 0 Å². The molecule has 0 fully saturated rings. The Balaban J connectivity index is 2.22. The second-order valence-electron chi connectivity index (χ2n) is 9.30. The third kappa shape index (κ3) is 7.20. The topological polar surface area (TPSA) is 79.3 Å². The van der Waals surface area contributed by atoms with Gasteiger partial charge in [-0.2, -0.15) is 39.5 Å². The smallest absolute Gasteiger partial charge is 0.416 e. The summed E-state index contributed by atoms with van der Waals surface area (Å²) in [6.07, 6.45) is -17.7. The van der Waals surface area contributed by atoms with Gasteiger partial charge in [-0.3, -0.25) is 9.80 Å². The van der Waals surface area contributed by atoms with E-state index in [9.17, 15) is 49.1 Å². The van der Waals surface area contributed by atoms with Crippen molar-refractivity contribution in [1.82, 2.24) is 4.90 Å². The lowest BCUT2D eigenvalue weighted by Gasteiger charge is -2.43. The van der Waals surface area contributed by atoms with E-state index in [2.05, 4.69) is 0 Å². The first kappa shape index (κ1) is 32.8. The van der Waals surface area contributed by atoms with Crippen LogP contribution in [0, 0.1) is 0 Å². The molecule has 2 atom stereocenters. The van der Waals surface area contributed by atoms with Gasteiger partial charge in [-0.25, -0.2) is 9.59 Å². The molecule has 2 aromatic carbocycles. The number of benzene rings is 2. The Hall–Kier alpha value is -3.69. The summed E-state index contributed by atoms with van der Waals surface area (Å²) >= 11 is 0. The SMILES string of the molecule is CC[C@H]1C[C@@H](N(Cc2cc(C(F)(F)F)cc(C(F)(F)F)c2)C(=O)OC)c2cc(C(F)(F)F)ccc2N1C(=O)OCCO. The second kappa shape index (κ2) is 12.3. The number of aliphatic hydroxyl groups excluding tert-OH is 1. The average Bonchev–Trinajstić information content (AvgIpc) is 2.91. The number of carbonyl (C=O) groups excluding carboxylic acids is 2. The fraction of sp³-hybridized carbons (Fsp3) is 0.462. The molecule has 1 N–H and O–H groups in total. The number of hydrogen-bond donors (Lipinski definition) is 1. The number of amides is 2. The average molecular weight is 616 g/mol. The Bertz CT molecular complexity index is 1260. The number of rotatable bonds is 6. The first-order valence-electron chi connectivity index (χ1n) is 12.3. The number of fused-ring (bicyclic) bond motifs is 1. The fourth-order valence-corrected chi connectivity index (χ4v) is 4.72. The highest BCUT2D eigenvalue weighted by molar-refractivity contribution is 5.90. The number of ether oxygens (including phenoxy) is 2. The van der Waals surface area contributed by atoms with E-state index in [1.165, 1.54) is 0 Å². The predicted octanol–water partition coefficient (Wildman–Crippen LogP) is 7.17. The molecule has 2 amide bonds. The minimum Gasteiger partial charge on any atom is -0.453 e. The van der Waals surface area contributed by atoms with E-state index in [-0.39, 0.29) is 30.2 Å². The van der Waals surface area contributed by atoms with Crippen molar-refractivity contribution in [3.63, 3.8) is 0 Å². The van der Waals surface area contributed by atoms with Crippen LogP contribution in [0.25, 0.3) is 0 Å². The van der Waals surface area contributed by atoms with E-state index in [1.807, 2.05) is 0 Å². The minimum absolute atomic E-state index is 0.0967. The Kier molecular flexibility index (Phi) is 9.59. The predicted molar refractivity (Wildman–Crippen MR) is 128 cm³/mol. The summed E-state index contributed by atoms with van der Waals surface area (Å²) in [5.74, 6) is 0. The van der Waals surface area contributed by atoms with Crippen molar-refractivity contribution in [1.29, 1.82) is 0 Å². The van der Waals surface area contributed by atoms with Crippen molar-refractivity contribution in [2.75, 3.05) is 25.2 Å². The summed E-state index contributed by atoms with van der Waals surface area (Å²) in [5, 5.41) is 9.02. The molecular weight excluding hydrogens is 591 g/mol. The minimum atomic E-state index is -5.19. The third-order valence-corrected chi connectivity index (χ3v) is 6.60. The molecule has 0 saturated heterocycles. The monoisotopic (exact) mass is 616 g/mol.